The van der Waals surface area contributed by atoms with Crippen LogP contribution in [0.1, 0.15) is 0 Å². The van der Waals surface area contributed by atoms with E-state index in [4.69, 9.17) is 5.26 Å². The lowest BCUT2D eigenvalue weighted by Crippen LogP contribution is -2.22. The third kappa shape index (κ3) is 0.877. The molecule has 0 bridgehead atoms. The van der Waals surface area contributed by atoms with Gasteiger partial charge in [-0.2, -0.15) is 15.4 Å². The first kappa shape index (κ1) is 4.91. The summed E-state index contributed by atoms with van der Waals surface area (Å²) < 4.78 is 1.69. The van der Waals surface area contributed by atoms with Gasteiger partial charge in [-0.3, -0.25) is 5.32 Å². The summed E-state index contributed by atoms with van der Waals surface area (Å²) in [6.07, 6.45) is 3.55. The van der Waals surface area contributed by atoms with Crippen LogP contribution in [0.3, 0.4) is 0 Å². The van der Waals surface area contributed by atoms with Crippen molar-refractivity contribution in [3.63, 3.8) is 0 Å². The topological polar surface area (TPSA) is 50.9 Å². The number of hydrogen-bond donors (Lipinski definition) is 2. The second kappa shape index (κ2) is 2.17. The zero-order chi connectivity index (χ0) is 5.82. The molecule has 1 aliphatic rings. The maximum Gasteiger partial charge on any atom is 0.256 e. The van der Waals surface area contributed by atoms with Crippen LogP contribution in [-0.4, -0.2) is 24.1 Å². The summed E-state index contributed by atoms with van der Waals surface area (Å²) in [4.78, 5) is 0. The minimum Gasteiger partial charge on any atom is -0.275 e. The Kier molecular flexibility index (Phi) is 1.33. The fourth-order valence-electron chi connectivity index (χ4n) is 0.577. The Morgan fingerprint density at radius 2 is 2.75 bits per heavy atom. The first-order valence-electron chi connectivity index (χ1n) is 2.41. The minimum atomic E-state index is 0.855. The number of nitrogens with one attached hydrogen (secondary N) is 2. The van der Waals surface area contributed by atoms with Gasteiger partial charge in [0.15, 0.2) is 0 Å². The van der Waals surface area contributed by atoms with E-state index in [0.29, 0.717) is 0 Å². The Hall–Kier alpha value is -1.24. The summed E-state index contributed by atoms with van der Waals surface area (Å²) in [5.74, 6) is 0. The van der Waals surface area contributed by atoms with E-state index in [1.807, 2.05) is 6.19 Å². The van der Waals surface area contributed by atoms with E-state index in [-0.39, 0.29) is 0 Å². The molecule has 8 heavy (non-hydrogen) atoms. The quantitative estimate of drug-likeness (QED) is 0.249. The second-order valence-electron chi connectivity index (χ2n) is 1.50. The van der Waals surface area contributed by atoms with Gasteiger partial charge in [0.2, 0.25) is 6.19 Å². The summed E-state index contributed by atoms with van der Waals surface area (Å²) in [6.45, 7) is 1.77. The van der Waals surface area contributed by atoms with Crippen molar-refractivity contribution >= 4 is 6.34 Å². The van der Waals surface area contributed by atoms with E-state index in [0.717, 1.165) is 13.1 Å². The number of nitrogens with zero attached hydrogens (tertiary/aromatic N) is 2. The molecule has 4 heteroatoms. The minimum absolute atomic E-state index is 0.855. The van der Waals surface area contributed by atoms with Crippen molar-refractivity contribution in [1.29, 1.82) is 5.26 Å². The third-order valence-electron chi connectivity index (χ3n) is 0.938. The van der Waals surface area contributed by atoms with E-state index >= 15 is 0 Å². The SMILES string of the molecule is N#CN[N+]1=CNCC1. The highest BCUT2D eigenvalue weighted by Gasteiger charge is 2.05. The number of rotatable bonds is 1. The normalized spacial score (nSPS) is 16.1. The molecular weight excluding hydrogens is 104 g/mol. The number of nitriles is 1. The van der Waals surface area contributed by atoms with Crippen LogP contribution in [0, 0.1) is 11.5 Å². The third-order valence-corrected chi connectivity index (χ3v) is 0.938. The largest absolute Gasteiger partial charge is 0.275 e. The smallest absolute Gasteiger partial charge is 0.256 e. The summed E-state index contributed by atoms with van der Waals surface area (Å²) in [6, 6.07) is 0. The molecule has 0 fully saturated rings. The van der Waals surface area contributed by atoms with Crippen LogP contribution in [-0.2, 0) is 0 Å². The number of hydrazine groups is 1. The molecule has 0 aromatic carbocycles. The maximum absolute atomic E-state index is 8.08. The van der Waals surface area contributed by atoms with Crippen LogP contribution >= 0.6 is 0 Å². The van der Waals surface area contributed by atoms with E-state index in [1.165, 1.54) is 0 Å². The first-order chi connectivity index (χ1) is 3.93. The molecule has 4 nitrogen and oxygen atoms in total. The fourth-order valence-corrected chi connectivity index (χ4v) is 0.577. The molecule has 0 unspecified atom stereocenters. The Morgan fingerprint density at radius 3 is 3.25 bits per heavy atom. The Morgan fingerprint density at radius 1 is 1.88 bits per heavy atom. The monoisotopic (exact) mass is 111 g/mol. The highest BCUT2D eigenvalue weighted by molar-refractivity contribution is 5.49. The Balaban J connectivity index is 2.36. The van der Waals surface area contributed by atoms with E-state index < -0.39 is 0 Å². The van der Waals surface area contributed by atoms with E-state index in [2.05, 4.69) is 10.7 Å². The molecule has 42 valence electrons. The van der Waals surface area contributed by atoms with Gasteiger partial charge in [-0.25, -0.2) is 0 Å². The summed E-state index contributed by atoms with van der Waals surface area (Å²) in [5.41, 5.74) is 2.47. The van der Waals surface area contributed by atoms with Gasteiger partial charge in [0.25, 0.3) is 6.34 Å². The van der Waals surface area contributed by atoms with Crippen LogP contribution in [0.25, 0.3) is 0 Å². The Bertz CT molecular complexity index is 143. The molecule has 0 atom stereocenters. The van der Waals surface area contributed by atoms with Gasteiger partial charge in [0, 0.05) is 0 Å². The summed E-state index contributed by atoms with van der Waals surface area (Å²) in [7, 11) is 0. The molecule has 0 saturated heterocycles. The molecule has 0 amide bonds. The van der Waals surface area contributed by atoms with Gasteiger partial charge in [0.05, 0.1) is 0 Å². The molecule has 0 aromatic rings. The molecule has 2 N–H and O–H groups in total. The first-order valence-corrected chi connectivity index (χ1v) is 2.41. The predicted octanol–water partition coefficient (Wildman–Crippen LogP) is -1.38. The molecule has 1 rings (SSSR count). The highest BCUT2D eigenvalue weighted by Crippen LogP contribution is 1.70. The van der Waals surface area contributed by atoms with Crippen molar-refractivity contribution in [2.75, 3.05) is 13.1 Å². The van der Waals surface area contributed by atoms with Crippen LogP contribution in [0.15, 0.2) is 0 Å². The fraction of sp³-hybridized carbons (Fsp3) is 0.500. The predicted molar refractivity (Wildman–Crippen MR) is 27.9 cm³/mol. The van der Waals surface area contributed by atoms with Crippen LogP contribution in [0.5, 0.6) is 0 Å². The molecular formula is C4H7N4+. The average molecular weight is 111 g/mol. The lowest BCUT2D eigenvalue weighted by Gasteiger charge is -1.88. The van der Waals surface area contributed by atoms with Crippen LogP contribution in [0.4, 0.5) is 0 Å². The molecule has 1 heterocycles. The molecule has 0 saturated carbocycles. The maximum atomic E-state index is 8.08. The highest BCUT2D eigenvalue weighted by atomic mass is 15.5. The lowest BCUT2D eigenvalue weighted by molar-refractivity contribution is -0.561. The second-order valence-corrected chi connectivity index (χ2v) is 1.50. The van der Waals surface area contributed by atoms with Crippen molar-refractivity contribution in [1.82, 2.24) is 10.7 Å². The zero-order valence-electron chi connectivity index (χ0n) is 4.39. The van der Waals surface area contributed by atoms with Crippen LogP contribution in [0.2, 0.25) is 0 Å². The molecule has 0 aromatic heterocycles. The zero-order valence-corrected chi connectivity index (χ0v) is 4.39. The molecule has 0 spiro atoms. The van der Waals surface area contributed by atoms with Crippen molar-refractivity contribution in [2.45, 2.75) is 0 Å². The average Bonchev–Trinajstić information content (AvgIpc) is 2.19. The van der Waals surface area contributed by atoms with Crippen molar-refractivity contribution < 1.29 is 4.68 Å². The van der Waals surface area contributed by atoms with Crippen molar-refractivity contribution in [2.24, 2.45) is 0 Å². The van der Waals surface area contributed by atoms with E-state index in [9.17, 15) is 0 Å². The van der Waals surface area contributed by atoms with Gasteiger partial charge in [-0.1, -0.05) is 0 Å². The molecule has 0 radical (unpaired) electrons. The number of hydrogen-bond acceptors (Lipinski definition) is 3. The van der Waals surface area contributed by atoms with Gasteiger partial charge in [-0.05, 0) is 0 Å². The standard InChI is InChI=1S/C4H6N4/c5-3-7-8-2-1-6-4-8/h4,7H,1-2H2/p+1. The lowest BCUT2D eigenvalue weighted by atomic mass is 10.7. The summed E-state index contributed by atoms with van der Waals surface area (Å²) in [5, 5.41) is 11.0. The van der Waals surface area contributed by atoms with Gasteiger partial charge >= 0.3 is 0 Å². The van der Waals surface area contributed by atoms with Gasteiger partial charge in [0.1, 0.15) is 13.1 Å². The Labute approximate surface area is 47.4 Å². The van der Waals surface area contributed by atoms with Crippen molar-refractivity contribution in [3.05, 3.63) is 0 Å². The van der Waals surface area contributed by atoms with E-state index in [1.54, 1.807) is 11.0 Å². The van der Waals surface area contributed by atoms with Gasteiger partial charge in [-0.15, -0.1) is 0 Å². The number of hydrazone groups is 1. The summed E-state index contributed by atoms with van der Waals surface area (Å²) >= 11 is 0. The van der Waals surface area contributed by atoms with Crippen molar-refractivity contribution in [3.8, 4) is 6.19 Å². The molecule has 0 aliphatic carbocycles. The molecule has 1 aliphatic heterocycles. The van der Waals surface area contributed by atoms with Crippen LogP contribution < -0.4 is 10.7 Å². The van der Waals surface area contributed by atoms with Gasteiger partial charge < -0.3 is 0 Å².